The maximum atomic E-state index is 14.4. The molecule has 0 radical (unpaired) electrons. The first-order valence-electron chi connectivity index (χ1n) is 11.1. The Morgan fingerprint density at radius 1 is 1.04 bits per heavy atom. The summed E-state index contributed by atoms with van der Waals surface area (Å²) in [7, 11) is 0. The number of hydrogen-bond acceptors (Lipinski definition) is 2. The minimum absolute atomic E-state index is 0.0287. The summed E-state index contributed by atoms with van der Waals surface area (Å²) in [6.45, 7) is -0.286. The van der Waals surface area contributed by atoms with Crippen LogP contribution in [-0.4, -0.2) is 24.7 Å². The molecular weight excluding hydrogens is 351 g/mol. The summed E-state index contributed by atoms with van der Waals surface area (Å²) in [4.78, 5) is 13.6. The third-order valence-corrected chi connectivity index (χ3v) is 8.44. The van der Waals surface area contributed by atoms with E-state index in [2.05, 4.69) is 29.6 Å². The lowest BCUT2D eigenvalue weighted by Crippen LogP contribution is -2.64. The number of nitrogens with two attached hydrogens (primary N) is 1. The second kappa shape index (κ2) is 6.55. The number of nitrogens with one attached hydrogen (secondary N) is 1. The Labute approximate surface area is 167 Å². The Hall–Kier alpha value is -1.42. The highest BCUT2D eigenvalue weighted by Gasteiger charge is 2.66. The molecule has 0 saturated heterocycles. The van der Waals surface area contributed by atoms with Gasteiger partial charge >= 0.3 is 0 Å². The van der Waals surface area contributed by atoms with Crippen molar-refractivity contribution in [1.82, 2.24) is 5.32 Å². The van der Waals surface area contributed by atoms with Crippen LogP contribution in [0.2, 0.25) is 0 Å². The van der Waals surface area contributed by atoms with Gasteiger partial charge in [0.1, 0.15) is 0 Å². The maximum Gasteiger partial charge on any atom is 0.226 e. The highest BCUT2D eigenvalue weighted by molar-refractivity contribution is 5.84. The molecular formula is C24H33FN2O. The molecule has 5 aliphatic rings. The van der Waals surface area contributed by atoms with Crippen molar-refractivity contribution < 1.29 is 9.18 Å². The molecule has 152 valence electrons. The van der Waals surface area contributed by atoms with E-state index in [-0.39, 0.29) is 40.9 Å². The van der Waals surface area contributed by atoms with Gasteiger partial charge in [0.2, 0.25) is 5.91 Å². The molecule has 2 unspecified atom stereocenters. The van der Waals surface area contributed by atoms with Crippen molar-refractivity contribution in [3.05, 3.63) is 35.9 Å². The standard InChI is InChI=1S/C24H33FN2O/c25-16-22-10-17-11-23(13-22,18-4-2-1-3-5-18)15-24(12-17,14-22)21(28)27-20-8-6-19(26)7-9-20/h1-5,17,19-20H,6-16,26H2,(H,27,28)/t17?,19-,20-,22-,23+,24?/m0/s1. The van der Waals surface area contributed by atoms with E-state index >= 15 is 0 Å². The lowest BCUT2D eigenvalue weighted by molar-refractivity contribution is -0.166. The van der Waals surface area contributed by atoms with Gasteiger partial charge in [0.05, 0.1) is 12.1 Å². The number of alkyl halides is 1. The van der Waals surface area contributed by atoms with Gasteiger partial charge in [-0.25, -0.2) is 0 Å². The summed E-state index contributed by atoms with van der Waals surface area (Å²) in [5, 5.41) is 3.39. The molecule has 0 aliphatic heterocycles. The molecule has 5 aliphatic carbocycles. The van der Waals surface area contributed by atoms with Crippen LogP contribution in [0.15, 0.2) is 30.3 Å². The first kappa shape index (κ1) is 18.6. The molecule has 28 heavy (non-hydrogen) atoms. The van der Waals surface area contributed by atoms with E-state index in [9.17, 15) is 9.18 Å². The van der Waals surface area contributed by atoms with E-state index in [0.29, 0.717) is 5.92 Å². The topological polar surface area (TPSA) is 55.1 Å². The largest absolute Gasteiger partial charge is 0.353 e. The van der Waals surface area contributed by atoms with Crippen molar-refractivity contribution in [2.45, 2.75) is 81.7 Å². The van der Waals surface area contributed by atoms with E-state index in [1.807, 2.05) is 6.07 Å². The average Bonchev–Trinajstić information content (AvgIpc) is 2.69. The van der Waals surface area contributed by atoms with Gasteiger partial charge in [0.25, 0.3) is 0 Å². The number of carbonyl (C=O) groups is 1. The molecule has 0 aromatic heterocycles. The van der Waals surface area contributed by atoms with Gasteiger partial charge in [-0.15, -0.1) is 0 Å². The summed E-state index contributed by atoms with van der Waals surface area (Å²) in [6, 6.07) is 11.2. The Morgan fingerprint density at radius 3 is 2.50 bits per heavy atom. The van der Waals surface area contributed by atoms with E-state index < -0.39 is 0 Å². The first-order valence-corrected chi connectivity index (χ1v) is 11.1. The van der Waals surface area contributed by atoms with Crippen LogP contribution in [0.1, 0.15) is 69.8 Å². The molecule has 4 heteroatoms. The Balaban J connectivity index is 1.45. The molecule has 5 saturated carbocycles. The highest BCUT2D eigenvalue weighted by Crippen LogP contribution is 2.70. The van der Waals surface area contributed by atoms with E-state index in [0.717, 1.165) is 64.2 Å². The van der Waals surface area contributed by atoms with Crippen LogP contribution in [0, 0.1) is 16.7 Å². The van der Waals surface area contributed by atoms with Crippen molar-refractivity contribution in [2.24, 2.45) is 22.5 Å². The summed E-state index contributed by atoms with van der Waals surface area (Å²) < 4.78 is 14.4. The van der Waals surface area contributed by atoms with Crippen molar-refractivity contribution in [2.75, 3.05) is 6.67 Å². The predicted octanol–water partition coefficient (Wildman–Crippen LogP) is 4.25. The number of benzene rings is 1. The third-order valence-electron chi connectivity index (χ3n) is 8.44. The summed E-state index contributed by atoms with van der Waals surface area (Å²) in [5.74, 6) is 0.674. The van der Waals surface area contributed by atoms with Crippen LogP contribution in [-0.2, 0) is 10.2 Å². The number of carbonyl (C=O) groups excluding carboxylic acids is 1. The van der Waals surface area contributed by atoms with Crippen molar-refractivity contribution in [3.63, 3.8) is 0 Å². The Bertz CT molecular complexity index is 746. The van der Waals surface area contributed by atoms with Gasteiger partial charge in [-0.1, -0.05) is 30.3 Å². The summed E-state index contributed by atoms with van der Waals surface area (Å²) in [5.41, 5.74) is 6.63. The fraction of sp³-hybridized carbons (Fsp3) is 0.708. The van der Waals surface area contributed by atoms with Gasteiger partial charge in [-0.2, -0.15) is 0 Å². The van der Waals surface area contributed by atoms with Crippen LogP contribution < -0.4 is 11.1 Å². The number of hydrogen-bond donors (Lipinski definition) is 2. The molecule has 1 amide bonds. The minimum atomic E-state index is -0.388. The fourth-order valence-corrected chi connectivity index (χ4v) is 7.76. The predicted molar refractivity (Wildman–Crippen MR) is 109 cm³/mol. The van der Waals surface area contributed by atoms with Crippen LogP contribution >= 0.6 is 0 Å². The molecule has 3 N–H and O–H groups in total. The highest BCUT2D eigenvalue weighted by atomic mass is 19.1. The molecule has 6 rings (SSSR count). The maximum absolute atomic E-state index is 14.4. The van der Waals surface area contributed by atoms with Gasteiger partial charge in [-0.05, 0) is 81.1 Å². The second-order valence-electron chi connectivity index (χ2n) is 10.7. The molecule has 1 aromatic rings. The number of halogens is 1. The summed E-state index contributed by atoms with van der Waals surface area (Å²) in [6.07, 6.45) is 9.49. The van der Waals surface area contributed by atoms with Crippen LogP contribution in [0.4, 0.5) is 4.39 Å². The number of rotatable bonds is 4. The number of amides is 1. The first-order chi connectivity index (χ1) is 13.5. The third kappa shape index (κ3) is 2.91. The molecule has 0 heterocycles. The zero-order chi connectivity index (χ0) is 19.4. The zero-order valence-corrected chi connectivity index (χ0v) is 16.8. The van der Waals surface area contributed by atoms with E-state index in [1.54, 1.807) is 0 Å². The fourth-order valence-electron chi connectivity index (χ4n) is 7.76. The van der Waals surface area contributed by atoms with Gasteiger partial charge < -0.3 is 11.1 Å². The lowest BCUT2D eigenvalue weighted by atomic mass is 9.38. The van der Waals surface area contributed by atoms with E-state index in [1.165, 1.54) is 5.56 Å². The Kier molecular flexibility index (Phi) is 4.35. The van der Waals surface area contributed by atoms with Crippen LogP contribution in [0.3, 0.4) is 0 Å². The second-order valence-corrected chi connectivity index (χ2v) is 10.7. The molecule has 3 nitrogen and oxygen atoms in total. The van der Waals surface area contributed by atoms with Gasteiger partial charge in [-0.3, -0.25) is 9.18 Å². The minimum Gasteiger partial charge on any atom is -0.353 e. The van der Waals surface area contributed by atoms with Crippen molar-refractivity contribution in [1.29, 1.82) is 0 Å². The van der Waals surface area contributed by atoms with Gasteiger partial charge in [0.15, 0.2) is 0 Å². The monoisotopic (exact) mass is 384 g/mol. The SMILES string of the molecule is N[C@H]1CC[C@H](NC(=O)C23CC4C[C@@](CF)(C2)C[C@](c2ccccc2)(C4)C3)CC1. The van der Waals surface area contributed by atoms with Crippen molar-refractivity contribution in [3.8, 4) is 0 Å². The van der Waals surface area contributed by atoms with Crippen LogP contribution in [0.25, 0.3) is 0 Å². The van der Waals surface area contributed by atoms with Crippen LogP contribution in [0.5, 0.6) is 0 Å². The molecule has 0 spiro atoms. The smallest absolute Gasteiger partial charge is 0.226 e. The lowest BCUT2D eigenvalue weighted by Gasteiger charge is -2.65. The molecule has 4 bridgehead atoms. The zero-order valence-electron chi connectivity index (χ0n) is 16.8. The Morgan fingerprint density at radius 2 is 1.79 bits per heavy atom. The molecule has 4 atom stereocenters. The average molecular weight is 385 g/mol. The van der Waals surface area contributed by atoms with E-state index in [4.69, 9.17) is 5.73 Å². The van der Waals surface area contributed by atoms with Gasteiger partial charge in [0, 0.05) is 17.5 Å². The quantitative estimate of drug-likeness (QED) is 0.815. The normalized spacial score (nSPS) is 44.4. The molecule has 5 fully saturated rings. The molecule has 1 aromatic carbocycles. The summed E-state index contributed by atoms with van der Waals surface area (Å²) >= 11 is 0. The van der Waals surface area contributed by atoms with Crippen molar-refractivity contribution >= 4 is 5.91 Å².